The Morgan fingerprint density at radius 1 is 0.911 bits per heavy atom. The van der Waals surface area contributed by atoms with E-state index in [1.54, 1.807) is 47.4 Å². The maximum absolute atomic E-state index is 13.4. The highest BCUT2D eigenvalue weighted by Crippen LogP contribution is 2.26. The van der Waals surface area contributed by atoms with Crippen molar-refractivity contribution in [1.29, 1.82) is 0 Å². The molecule has 0 aliphatic carbocycles. The van der Waals surface area contributed by atoms with Crippen molar-refractivity contribution in [2.24, 2.45) is 0 Å². The van der Waals surface area contributed by atoms with Gasteiger partial charge in [-0.15, -0.1) is 12.4 Å². The van der Waals surface area contributed by atoms with Gasteiger partial charge in [-0.3, -0.25) is 9.62 Å². The molecule has 0 bridgehead atoms. The van der Waals surface area contributed by atoms with Crippen LogP contribution in [0.25, 0.3) is 0 Å². The standard InChI is InChI=1S/C33H35FN4O5S.ClH/c1-44(41,42)36-28-11-15-32(16-12-28)43-31-13-5-24(6-14-31)22-37-19-17-29(18-20-37)38(23-25-3-2-4-30(39)21-25)33(40)35-27-9-7-26(34)8-10-27;/h2-16,21,29,36,39H,17-20,22-23H2,1H3,(H,35,40);1H. The summed E-state index contributed by atoms with van der Waals surface area (Å²) < 4.78 is 44.5. The van der Waals surface area contributed by atoms with Gasteiger partial charge < -0.3 is 20.1 Å². The van der Waals surface area contributed by atoms with E-state index >= 15 is 0 Å². The number of nitrogens with zero attached hydrogens (tertiary/aromatic N) is 2. The van der Waals surface area contributed by atoms with Gasteiger partial charge in [-0.25, -0.2) is 17.6 Å². The number of halogens is 2. The van der Waals surface area contributed by atoms with Crippen LogP contribution in [0.15, 0.2) is 97.1 Å². The highest BCUT2D eigenvalue weighted by Gasteiger charge is 2.28. The van der Waals surface area contributed by atoms with E-state index < -0.39 is 10.0 Å². The number of hydrogen-bond acceptors (Lipinski definition) is 6. The third-order valence-corrected chi connectivity index (χ3v) is 7.95. The number of aromatic hydroxyl groups is 1. The first-order chi connectivity index (χ1) is 21.1. The van der Waals surface area contributed by atoms with Gasteiger partial charge in [-0.1, -0.05) is 24.3 Å². The topological polar surface area (TPSA) is 111 Å². The van der Waals surface area contributed by atoms with Crippen LogP contribution in [0.5, 0.6) is 17.2 Å². The molecule has 0 radical (unpaired) electrons. The van der Waals surface area contributed by atoms with Crippen LogP contribution in [-0.4, -0.2) is 54.7 Å². The van der Waals surface area contributed by atoms with Crippen molar-refractivity contribution in [1.82, 2.24) is 9.80 Å². The monoisotopic (exact) mass is 654 g/mol. The normalized spacial score (nSPS) is 13.8. The van der Waals surface area contributed by atoms with Gasteiger partial charge in [0.2, 0.25) is 10.0 Å². The predicted molar refractivity (Wildman–Crippen MR) is 176 cm³/mol. The first-order valence-electron chi connectivity index (χ1n) is 14.3. The number of nitrogens with one attached hydrogen (secondary N) is 2. The fourth-order valence-corrected chi connectivity index (χ4v) is 5.76. The van der Waals surface area contributed by atoms with Crippen LogP contribution in [0.4, 0.5) is 20.6 Å². The molecule has 2 amide bonds. The molecule has 1 aliphatic heterocycles. The van der Waals surface area contributed by atoms with Crippen LogP contribution in [0.1, 0.15) is 24.0 Å². The van der Waals surface area contributed by atoms with Gasteiger partial charge in [0.1, 0.15) is 23.1 Å². The summed E-state index contributed by atoms with van der Waals surface area (Å²) in [6, 6.07) is 26.9. The second-order valence-corrected chi connectivity index (χ2v) is 12.6. The number of urea groups is 1. The third kappa shape index (κ3) is 10.1. The Morgan fingerprint density at radius 2 is 1.51 bits per heavy atom. The summed E-state index contributed by atoms with van der Waals surface area (Å²) in [5.41, 5.74) is 2.94. The molecule has 1 aliphatic rings. The average molecular weight is 655 g/mol. The molecular weight excluding hydrogens is 619 g/mol. The van der Waals surface area contributed by atoms with Gasteiger partial charge >= 0.3 is 6.03 Å². The summed E-state index contributed by atoms with van der Waals surface area (Å²) in [5.74, 6) is 1.04. The van der Waals surface area contributed by atoms with Gasteiger partial charge in [0, 0.05) is 43.6 Å². The summed E-state index contributed by atoms with van der Waals surface area (Å²) in [5, 5.41) is 12.8. The zero-order valence-corrected chi connectivity index (χ0v) is 26.4. The summed E-state index contributed by atoms with van der Waals surface area (Å²) in [6.45, 7) is 2.70. The number of ether oxygens (including phenoxy) is 1. The Balaban J connectivity index is 0.00000461. The maximum atomic E-state index is 13.4. The van der Waals surface area contributed by atoms with Crippen molar-refractivity contribution in [3.8, 4) is 17.2 Å². The summed E-state index contributed by atoms with van der Waals surface area (Å²) in [7, 11) is -3.34. The number of rotatable bonds is 10. The van der Waals surface area contributed by atoms with Gasteiger partial charge in [0.05, 0.1) is 6.26 Å². The summed E-state index contributed by atoms with van der Waals surface area (Å²) >= 11 is 0. The Labute approximate surface area is 269 Å². The highest BCUT2D eigenvalue weighted by atomic mass is 35.5. The zero-order valence-electron chi connectivity index (χ0n) is 24.7. The largest absolute Gasteiger partial charge is 0.508 e. The minimum absolute atomic E-state index is 0. The number of amides is 2. The Kier molecular flexibility index (Phi) is 11.3. The van der Waals surface area contributed by atoms with E-state index in [1.807, 2.05) is 30.3 Å². The van der Waals surface area contributed by atoms with Crippen LogP contribution in [0.2, 0.25) is 0 Å². The van der Waals surface area contributed by atoms with Crippen LogP contribution in [-0.2, 0) is 23.1 Å². The molecule has 3 N–H and O–H groups in total. The number of carbonyl (C=O) groups is 1. The van der Waals surface area contributed by atoms with E-state index in [0.717, 1.165) is 49.9 Å². The lowest BCUT2D eigenvalue weighted by atomic mass is 10.0. The van der Waals surface area contributed by atoms with Crippen LogP contribution in [0.3, 0.4) is 0 Å². The van der Waals surface area contributed by atoms with Gasteiger partial charge in [-0.2, -0.15) is 0 Å². The SMILES string of the molecule is CS(=O)(=O)Nc1ccc(Oc2ccc(CN3CCC(N(Cc4cccc(O)c4)C(=O)Nc4ccc(F)cc4)CC3)cc2)cc1.Cl. The van der Waals surface area contributed by atoms with Crippen molar-refractivity contribution in [3.05, 3.63) is 114 Å². The van der Waals surface area contributed by atoms with E-state index in [1.165, 1.54) is 24.3 Å². The molecule has 4 aromatic carbocycles. The van der Waals surface area contributed by atoms with E-state index in [0.29, 0.717) is 29.4 Å². The smallest absolute Gasteiger partial charge is 0.322 e. The second kappa shape index (κ2) is 15.1. The molecule has 0 unspecified atom stereocenters. The number of phenolic OH excluding ortho intramolecular Hbond substituents is 1. The van der Waals surface area contributed by atoms with E-state index in [9.17, 15) is 22.7 Å². The summed E-state index contributed by atoms with van der Waals surface area (Å²) in [4.78, 5) is 17.5. The number of carbonyl (C=O) groups excluding carboxylic acids is 1. The van der Waals surface area contributed by atoms with Crippen LogP contribution in [0, 0.1) is 5.82 Å². The fraction of sp³-hybridized carbons (Fsp3) is 0.242. The van der Waals surface area contributed by atoms with E-state index in [2.05, 4.69) is 14.9 Å². The number of phenols is 1. The van der Waals surface area contributed by atoms with Crippen molar-refractivity contribution < 1.29 is 27.4 Å². The second-order valence-electron chi connectivity index (χ2n) is 10.9. The first kappa shape index (κ1) is 33.6. The average Bonchev–Trinajstić information content (AvgIpc) is 2.99. The van der Waals surface area contributed by atoms with E-state index in [4.69, 9.17) is 4.74 Å². The molecule has 9 nitrogen and oxygen atoms in total. The van der Waals surface area contributed by atoms with Crippen LogP contribution < -0.4 is 14.8 Å². The molecule has 45 heavy (non-hydrogen) atoms. The van der Waals surface area contributed by atoms with Gasteiger partial charge in [-0.05, 0) is 96.8 Å². The number of likely N-dealkylation sites (tertiary alicyclic amines) is 1. The number of sulfonamides is 1. The highest BCUT2D eigenvalue weighted by molar-refractivity contribution is 7.92. The van der Waals surface area contributed by atoms with Crippen molar-refractivity contribution in [2.45, 2.75) is 32.0 Å². The van der Waals surface area contributed by atoms with Crippen molar-refractivity contribution in [3.63, 3.8) is 0 Å². The lowest BCUT2D eigenvalue weighted by Gasteiger charge is -2.38. The Hall–Kier alpha value is -4.32. The molecule has 5 rings (SSSR count). The maximum Gasteiger partial charge on any atom is 0.322 e. The minimum atomic E-state index is -3.34. The van der Waals surface area contributed by atoms with Gasteiger partial charge in [0.25, 0.3) is 0 Å². The molecule has 1 heterocycles. The summed E-state index contributed by atoms with van der Waals surface area (Å²) in [6.07, 6.45) is 2.66. The molecule has 1 saturated heterocycles. The molecular formula is C33H36ClFN4O5S. The number of anilines is 2. The fourth-order valence-electron chi connectivity index (χ4n) is 5.20. The van der Waals surface area contributed by atoms with Crippen molar-refractivity contribution >= 4 is 39.8 Å². The zero-order chi connectivity index (χ0) is 31.1. The van der Waals surface area contributed by atoms with Crippen molar-refractivity contribution in [2.75, 3.05) is 29.4 Å². The quantitative estimate of drug-likeness (QED) is 0.173. The number of hydrogen-bond donors (Lipinski definition) is 3. The molecule has 238 valence electrons. The predicted octanol–water partition coefficient (Wildman–Crippen LogP) is 6.82. The van der Waals surface area contributed by atoms with Gasteiger partial charge in [0.15, 0.2) is 0 Å². The molecule has 4 aromatic rings. The molecule has 0 atom stereocenters. The molecule has 1 fully saturated rings. The lowest BCUT2D eigenvalue weighted by molar-refractivity contribution is 0.120. The molecule has 0 aromatic heterocycles. The first-order valence-corrected chi connectivity index (χ1v) is 16.2. The Morgan fingerprint density at radius 3 is 2.11 bits per heavy atom. The number of benzene rings is 4. The van der Waals surface area contributed by atoms with Crippen LogP contribution >= 0.6 is 12.4 Å². The minimum Gasteiger partial charge on any atom is -0.508 e. The lowest BCUT2D eigenvalue weighted by Crippen LogP contribution is -2.48. The Bertz CT molecular complexity index is 1670. The third-order valence-electron chi connectivity index (χ3n) is 7.34. The van der Waals surface area contributed by atoms with E-state index in [-0.39, 0.29) is 36.0 Å². The molecule has 12 heteroatoms. The molecule has 0 saturated carbocycles. The number of piperidine rings is 1. The molecule has 0 spiro atoms.